The SMILES string of the molecule is c1ccc(-c2ccc(N(c3ccc(-c4ccccc4)cc3)c3ccc(-c4ccccc4)c(-c4ccccc4)c3)cc2)cc1. The highest BCUT2D eigenvalue weighted by atomic mass is 15.1. The monoisotopic (exact) mass is 549 g/mol. The minimum absolute atomic E-state index is 1.11. The molecule has 1 nitrogen and oxygen atoms in total. The zero-order chi connectivity index (χ0) is 28.8. The first kappa shape index (κ1) is 26.3. The number of benzene rings is 7. The Hall–Kier alpha value is -5.66. The molecule has 43 heavy (non-hydrogen) atoms. The summed E-state index contributed by atoms with van der Waals surface area (Å²) in [5.74, 6) is 0. The molecule has 0 bridgehead atoms. The predicted molar refractivity (Wildman–Crippen MR) is 183 cm³/mol. The van der Waals surface area contributed by atoms with Gasteiger partial charge in [0.05, 0.1) is 0 Å². The van der Waals surface area contributed by atoms with Gasteiger partial charge in [-0.3, -0.25) is 0 Å². The summed E-state index contributed by atoms with van der Waals surface area (Å²) < 4.78 is 0. The summed E-state index contributed by atoms with van der Waals surface area (Å²) in [5, 5.41) is 0. The molecule has 0 aliphatic heterocycles. The molecule has 0 N–H and O–H groups in total. The number of hydrogen-bond donors (Lipinski definition) is 0. The molecule has 0 radical (unpaired) electrons. The van der Waals surface area contributed by atoms with Crippen LogP contribution in [0, 0.1) is 0 Å². The molecule has 0 aromatic heterocycles. The van der Waals surface area contributed by atoms with Crippen LogP contribution in [0.3, 0.4) is 0 Å². The molecule has 0 saturated heterocycles. The normalized spacial score (nSPS) is 10.8. The van der Waals surface area contributed by atoms with Gasteiger partial charge in [-0.1, -0.05) is 152 Å². The molecule has 0 unspecified atom stereocenters. The predicted octanol–water partition coefficient (Wildman–Crippen LogP) is 11.8. The van der Waals surface area contributed by atoms with Crippen molar-refractivity contribution in [2.75, 3.05) is 4.90 Å². The van der Waals surface area contributed by atoms with Crippen LogP contribution in [0.15, 0.2) is 188 Å². The van der Waals surface area contributed by atoms with Crippen molar-refractivity contribution in [1.29, 1.82) is 0 Å². The largest absolute Gasteiger partial charge is 0.310 e. The highest BCUT2D eigenvalue weighted by Crippen LogP contribution is 2.41. The standard InChI is InChI=1S/C42H31N/c1-5-13-32(14-6-1)34-21-25-38(26-22-34)43(39-27-23-35(24-28-39)33-15-7-2-8-16-33)40-29-30-41(36-17-9-3-10-18-36)42(31-40)37-19-11-4-12-20-37/h1-31H. The second-order valence-electron chi connectivity index (χ2n) is 10.6. The maximum Gasteiger partial charge on any atom is 0.0468 e. The van der Waals surface area contributed by atoms with Gasteiger partial charge in [0.15, 0.2) is 0 Å². The van der Waals surface area contributed by atoms with E-state index in [1.165, 1.54) is 44.5 Å². The molecule has 0 saturated carbocycles. The molecule has 0 amide bonds. The zero-order valence-corrected chi connectivity index (χ0v) is 23.8. The molecule has 0 aliphatic rings. The van der Waals surface area contributed by atoms with E-state index in [1.807, 2.05) is 0 Å². The fraction of sp³-hybridized carbons (Fsp3) is 0. The molecule has 0 fully saturated rings. The van der Waals surface area contributed by atoms with Gasteiger partial charge in [0.2, 0.25) is 0 Å². The van der Waals surface area contributed by atoms with Crippen molar-refractivity contribution in [3.63, 3.8) is 0 Å². The molecular weight excluding hydrogens is 518 g/mol. The van der Waals surface area contributed by atoms with E-state index in [0.29, 0.717) is 0 Å². The number of nitrogens with zero attached hydrogens (tertiary/aromatic N) is 1. The summed E-state index contributed by atoms with van der Waals surface area (Å²) in [5.41, 5.74) is 13.0. The van der Waals surface area contributed by atoms with Crippen molar-refractivity contribution >= 4 is 17.1 Å². The van der Waals surface area contributed by atoms with Crippen LogP contribution in [0.2, 0.25) is 0 Å². The van der Waals surface area contributed by atoms with Crippen molar-refractivity contribution in [2.45, 2.75) is 0 Å². The van der Waals surface area contributed by atoms with E-state index < -0.39 is 0 Å². The van der Waals surface area contributed by atoms with E-state index >= 15 is 0 Å². The number of rotatable bonds is 7. The second-order valence-corrected chi connectivity index (χ2v) is 10.6. The van der Waals surface area contributed by atoms with E-state index in [4.69, 9.17) is 0 Å². The fourth-order valence-electron chi connectivity index (χ4n) is 5.71. The summed E-state index contributed by atoms with van der Waals surface area (Å²) in [4.78, 5) is 2.35. The van der Waals surface area contributed by atoms with Gasteiger partial charge in [-0.2, -0.15) is 0 Å². The minimum atomic E-state index is 1.11. The molecule has 1 heteroatoms. The Kier molecular flexibility index (Phi) is 7.36. The summed E-state index contributed by atoms with van der Waals surface area (Å²) in [6, 6.07) is 67.0. The highest BCUT2D eigenvalue weighted by Gasteiger charge is 2.17. The smallest absolute Gasteiger partial charge is 0.0468 e. The third-order valence-electron chi connectivity index (χ3n) is 7.90. The molecule has 204 valence electrons. The van der Waals surface area contributed by atoms with Crippen molar-refractivity contribution in [2.24, 2.45) is 0 Å². The Bertz CT molecular complexity index is 1830. The fourth-order valence-corrected chi connectivity index (χ4v) is 5.71. The lowest BCUT2D eigenvalue weighted by molar-refractivity contribution is 1.28. The average Bonchev–Trinajstić information content (AvgIpc) is 3.10. The topological polar surface area (TPSA) is 3.24 Å². The van der Waals surface area contributed by atoms with E-state index in [9.17, 15) is 0 Å². The van der Waals surface area contributed by atoms with Crippen molar-refractivity contribution in [1.82, 2.24) is 0 Å². The maximum atomic E-state index is 2.35. The van der Waals surface area contributed by atoms with Crippen LogP contribution in [-0.2, 0) is 0 Å². The molecule has 0 aliphatic carbocycles. The Morgan fingerprint density at radius 1 is 0.233 bits per heavy atom. The Morgan fingerprint density at radius 2 is 0.558 bits per heavy atom. The lowest BCUT2D eigenvalue weighted by Crippen LogP contribution is -2.10. The quantitative estimate of drug-likeness (QED) is 0.191. The number of hydrogen-bond acceptors (Lipinski definition) is 1. The first-order valence-corrected chi connectivity index (χ1v) is 14.7. The summed E-state index contributed by atoms with van der Waals surface area (Å²) in [6.07, 6.45) is 0. The van der Waals surface area contributed by atoms with Crippen LogP contribution < -0.4 is 4.90 Å². The van der Waals surface area contributed by atoms with E-state index in [2.05, 4.69) is 193 Å². The van der Waals surface area contributed by atoms with Crippen molar-refractivity contribution < 1.29 is 0 Å². The lowest BCUT2D eigenvalue weighted by Gasteiger charge is -2.27. The van der Waals surface area contributed by atoms with E-state index in [0.717, 1.165) is 17.1 Å². The molecule has 0 heterocycles. The van der Waals surface area contributed by atoms with Gasteiger partial charge < -0.3 is 4.90 Å². The average molecular weight is 550 g/mol. The minimum Gasteiger partial charge on any atom is -0.310 e. The van der Waals surface area contributed by atoms with Crippen LogP contribution in [0.5, 0.6) is 0 Å². The van der Waals surface area contributed by atoms with Gasteiger partial charge in [-0.15, -0.1) is 0 Å². The van der Waals surface area contributed by atoms with Gasteiger partial charge in [0.25, 0.3) is 0 Å². The first-order chi connectivity index (χ1) is 21.3. The third kappa shape index (κ3) is 5.62. The zero-order valence-electron chi connectivity index (χ0n) is 23.8. The van der Waals surface area contributed by atoms with Crippen LogP contribution in [0.4, 0.5) is 17.1 Å². The van der Waals surface area contributed by atoms with Gasteiger partial charge in [-0.05, 0) is 80.9 Å². The van der Waals surface area contributed by atoms with Crippen LogP contribution in [0.25, 0.3) is 44.5 Å². The highest BCUT2D eigenvalue weighted by molar-refractivity contribution is 5.89. The third-order valence-corrected chi connectivity index (χ3v) is 7.90. The summed E-state index contributed by atoms with van der Waals surface area (Å²) >= 11 is 0. The van der Waals surface area contributed by atoms with Gasteiger partial charge in [0.1, 0.15) is 0 Å². The number of anilines is 3. The molecule has 0 atom stereocenters. The molecule has 7 aromatic carbocycles. The van der Waals surface area contributed by atoms with Crippen LogP contribution in [-0.4, -0.2) is 0 Å². The Balaban J connectivity index is 1.36. The Morgan fingerprint density at radius 3 is 0.977 bits per heavy atom. The van der Waals surface area contributed by atoms with Crippen molar-refractivity contribution in [3.8, 4) is 44.5 Å². The molecule has 0 spiro atoms. The summed E-state index contributed by atoms with van der Waals surface area (Å²) in [6.45, 7) is 0. The van der Waals surface area contributed by atoms with E-state index in [1.54, 1.807) is 0 Å². The van der Waals surface area contributed by atoms with Gasteiger partial charge in [0, 0.05) is 17.1 Å². The summed E-state index contributed by atoms with van der Waals surface area (Å²) in [7, 11) is 0. The first-order valence-electron chi connectivity index (χ1n) is 14.7. The van der Waals surface area contributed by atoms with E-state index in [-0.39, 0.29) is 0 Å². The second kappa shape index (κ2) is 12.1. The van der Waals surface area contributed by atoms with Crippen molar-refractivity contribution in [3.05, 3.63) is 188 Å². The molecule has 7 rings (SSSR count). The van der Waals surface area contributed by atoms with Crippen LogP contribution in [0.1, 0.15) is 0 Å². The van der Waals surface area contributed by atoms with Crippen LogP contribution >= 0.6 is 0 Å². The molecule has 7 aromatic rings. The lowest BCUT2D eigenvalue weighted by atomic mass is 9.93. The van der Waals surface area contributed by atoms with Gasteiger partial charge in [-0.25, -0.2) is 0 Å². The molecular formula is C42H31N. The van der Waals surface area contributed by atoms with Gasteiger partial charge >= 0.3 is 0 Å². The maximum absolute atomic E-state index is 2.35. The Labute approximate surface area is 254 Å².